The van der Waals surface area contributed by atoms with E-state index in [-0.39, 0.29) is 78.8 Å². The molecular weight excluding hydrogens is 623 g/mol. The van der Waals surface area contributed by atoms with Gasteiger partial charge < -0.3 is 49.2 Å². The smallest absolute Gasteiger partial charge is 0.748 e. The molecule has 0 aliphatic heterocycles. The van der Waals surface area contributed by atoms with Crippen LogP contribution in [0, 0.1) is 6.92 Å². The maximum Gasteiger partial charge on any atom is 1.00 e. The minimum atomic E-state index is -4.26. The number of aliphatic hydroxyl groups is 2. The molecule has 0 saturated heterocycles. The average molecular weight is 679 g/mol. The molecule has 41 heavy (non-hydrogen) atoms. The summed E-state index contributed by atoms with van der Waals surface area (Å²) in [6, 6.07) is 1.87. The third-order valence-corrected chi connectivity index (χ3v) is 18.1. The Bertz CT molecular complexity index is 773. The van der Waals surface area contributed by atoms with Gasteiger partial charge in [-0.1, -0.05) is 0 Å². The summed E-state index contributed by atoms with van der Waals surface area (Å²) in [7, 11) is -6.94. The second-order valence-corrected chi connectivity index (χ2v) is 26.1. The number of ether oxygens (including phenoxy) is 2. The monoisotopic (exact) mass is 678 g/mol. The SMILES string of the molecule is [CH2-]CN(C)CC(O)COCCC[Si](C)(C)O[Si](C)(C)O[Si](C)(C)CCCOCC(O)CN(C)CCS(=O)(=O)[O-].[Na+].[Na+]. The molecule has 11 nitrogen and oxygen atoms in total. The predicted molar refractivity (Wildman–Crippen MR) is 162 cm³/mol. The van der Waals surface area contributed by atoms with E-state index in [1.54, 1.807) is 11.9 Å². The van der Waals surface area contributed by atoms with Gasteiger partial charge in [-0.3, -0.25) is 0 Å². The molecule has 0 heterocycles. The molecule has 0 aromatic carbocycles. The van der Waals surface area contributed by atoms with E-state index in [2.05, 4.69) is 46.2 Å². The molecular formula is C24H56N2Na2O9SSi3. The summed E-state index contributed by atoms with van der Waals surface area (Å²) in [6.07, 6.45) is 0.438. The predicted octanol–water partition coefficient (Wildman–Crippen LogP) is -4.08. The van der Waals surface area contributed by atoms with E-state index in [9.17, 15) is 23.2 Å². The van der Waals surface area contributed by atoms with E-state index in [0.29, 0.717) is 32.9 Å². The van der Waals surface area contributed by atoms with Gasteiger partial charge in [0.15, 0.2) is 16.6 Å². The Morgan fingerprint density at radius 2 is 1.20 bits per heavy atom. The van der Waals surface area contributed by atoms with Crippen LogP contribution in [0.15, 0.2) is 0 Å². The summed E-state index contributed by atoms with van der Waals surface area (Å²) in [5, 5.41) is 20.1. The van der Waals surface area contributed by atoms with Crippen LogP contribution in [0.4, 0.5) is 0 Å². The van der Waals surface area contributed by atoms with Gasteiger partial charge in [-0.15, -0.1) is 6.54 Å². The Balaban J connectivity index is -0.00000722. The summed E-state index contributed by atoms with van der Waals surface area (Å²) in [5.41, 5.74) is 0. The topological polar surface area (TPSA) is 141 Å². The zero-order valence-corrected chi connectivity index (χ0v) is 35.4. The number of nitrogens with zero attached hydrogens (tertiary/aromatic N) is 2. The molecule has 2 atom stereocenters. The summed E-state index contributed by atoms with van der Waals surface area (Å²) >= 11 is 0. The molecule has 236 valence electrons. The van der Waals surface area contributed by atoms with Gasteiger partial charge >= 0.3 is 67.7 Å². The van der Waals surface area contributed by atoms with Crippen LogP contribution in [0.5, 0.6) is 0 Å². The Kier molecular flexibility index (Phi) is 27.4. The zero-order chi connectivity index (χ0) is 30.3. The van der Waals surface area contributed by atoms with Gasteiger partial charge in [0.2, 0.25) is 0 Å². The van der Waals surface area contributed by atoms with Crippen LogP contribution in [0.25, 0.3) is 0 Å². The molecule has 0 amide bonds. The normalized spacial score (nSPS) is 14.6. The van der Waals surface area contributed by atoms with Gasteiger partial charge in [-0.2, -0.15) is 0 Å². The zero-order valence-electron chi connectivity index (χ0n) is 27.6. The molecule has 2 unspecified atom stereocenters. The fourth-order valence-electron chi connectivity index (χ4n) is 4.37. The molecule has 17 heteroatoms. The van der Waals surface area contributed by atoms with Crippen LogP contribution in [0.3, 0.4) is 0 Å². The van der Waals surface area contributed by atoms with Crippen LogP contribution >= 0.6 is 0 Å². The average Bonchev–Trinajstić information content (AvgIpc) is 2.74. The first kappa shape index (κ1) is 47.6. The Morgan fingerprint density at radius 1 is 0.805 bits per heavy atom. The third kappa shape index (κ3) is 29.4. The Hall–Kier alpha value is 2.24. The van der Waals surface area contributed by atoms with Crippen molar-refractivity contribution in [2.75, 3.05) is 72.5 Å². The van der Waals surface area contributed by atoms with Crippen LogP contribution in [0.2, 0.25) is 51.4 Å². The molecule has 0 aromatic rings. The molecule has 0 aliphatic rings. The molecule has 0 aliphatic carbocycles. The first-order valence-corrected chi connectivity index (χ1v) is 24.4. The van der Waals surface area contributed by atoms with Crippen LogP contribution in [-0.2, 0) is 27.8 Å². The standard InChI is InChI=1S/C24H57N2O9SSi3.2Na/c1-10-25(2)19-23(27)21-32-14-11-17-37(4,5)34-39(8,9)35-38(6,7)18-12-15-33-22-24(28)20-26(3)13-16-36(29,30)31;;/h23-24,27-28H,1,10-22H2,2-9H3,(H,29,30,31);;/q-1;2*+1/p-1. The van der Waals surface area contributed by atoms with E-state index < -0.39 is 53.3 Å². The molecule has 0 radical (unpaired) electrons. The van der Waals surface area contributed by atoms with Crippen molar-refractivity contribution in [2.45, 2.75) is 76.4 Å². The third-order valence-electron chi connectivity index (χ3n) is 5.95. The van der Waals surface area contributed by atoms with Crippen LogP contribution in [0.1, 0.15) is 12.8 Å². The first-order valence-electron chi connectivity index (χ1n) is 13.8. The fourth-order valence-corrected chi connectivity index (χ4v) is 18.9. The first-order chi connectivity index (χ1) is 17.8. The van der Waals surface area contributed by atoms with E-state index in [4.69, 9.17) is 17.7 Å². The second kappa shape index (κ2) is 23.5. The van der Waals surface area contributed by atoms with E-state index in [0.717, 1.165) is 24.9 Å². The maximum absolute atomic E-state index is 10.7. The van der Waals surface area contributed by atoms with Gasteiger partial charge in [-0.25, -0.2) is 8.42 Å². The number of hydrogen-bond donors (Lipinski definition) is 2. The van der Waals surface area contributed by atoms with Crippen molar-refractivity contribution in [3.05, 3.63) is 6.92 Å². The largest absolute Gasteiger partial charge is 1.00 e. The summed E-state index contributed by atoms with van der Waals surface area (Å²) in [6.45, 7) is 19.9. The summed E-state index contributed by atoms with van der Waals surface area (Å²) < 4.78 is 56.7. The summed E-state index contributed by atoms with van der Waals surface area (Å²) in [4.78, 5) is 3.56. The van der Waals surface area contributed by atoms with Crippen molar-refractivity contribution >= 4 is 35.3 Å². The van der Waals surface area contributed by atoms with Gasteiger partial charge in [0.25, 0.3) is 0 Å². The molecule has 2 N–H and O–H groups in total. The summed E-state index contributed by atoms with van der Waals surface area (Å²) in [5.74, 6) is -0.477. The number of rotatable bonds is 24. The molecule has 0 saturated carbocycles. The molecule has 0 aromatic heterocycles. The van der Waals surface area contributed by atoms with Crippen LogP contribution in [-0.4, -0.2) is 143 Å². The van der Waals surface area contributed by atoms with E-state index in [1.165, 1.54) is 0 Å². The molecule has 0 fully saturated rings. The van der Waals surface area contributed by atoms with Crippen molar-refractivity contribution in [3.63, 3.8) is 0 Å². The number of hydrogen-bond acceptors (Lipinski definition) is 11. The minimum absolute atomic E-state index is 0. The van der Waals surface area contributed by atoms with Crippen LogP contribution < -0.4 is 59.1 Å². The van der Waals surface area contributed by atoms with Crippen molar-refractivity contribution in [1.82, 2.24) is 9.80 Å². The fraction of sp³-hybridized carbons (Fsp3) is 0.958. The van der Waals surface area contributed by atoms with Gasteiger partial charge in [0.05, 0.1) is 41.3 Å². The number of aliphatic hydroxyl groups excluding tert-OH is 2. The van der Waals surface area contributed by atoms with Crippen molar-refractivity contribution in [2.24, 2.45) is 0 Å². The Morgan fingerprint density at radius 3 is 1.56 bits per heavy atom. The quantitative estimate of drug-likeness (QED) is 0.0446. The minimum Gasteiger partial charge on any atom is -0.748 e. The molecule has 0 spiro atoms. The molecule has 0 bridgehead atoms. The van der Waals surface area contributed by atoms with Gasteiger partial charge in [0.1, 0.15) is 0 Å². The number of likely N-dealkylation sites (N-methyl/N-ethyl adjacent to an activating group) is 2. The van der Waals surface area contributed by atoms with E-state index >= 15 is 0 Å². The van der Waals surface area contributed by atoms with Gasteiger partial charge in [-0.05, 0) is 78.3 Å². The van der Waals surface area contributed by atoms with E-state index in [1.807, 2.05) is 11.9 Å². The molecule has 0 rings (SSSR count). The van der Waals surface area contributed by atoms with Crippen molar-refractivity contribution < 1.29 is 100 Å². The van der Waals surface area contributed by atoms with Gasteiger partial charge in [0, 0.05) is 32.8 Å². The maximum atomic E-state index is 10.7. The van der Waals surface area contributed by atoms with Crippen molar-refractivity contribution in [3.8, 4) is 0 Å². The van der Waals surface area contributed by atoms with Crippen molar-refractivity contribution in [1.29, 1.82) is 0 Å². The second-order valence-electron chi connectivity index (χ2n) is 12.1. The Labute approximate surface area is 298 Å².